The number of nitrogens with two attached hydrogens (primary N) is 1. The number of thiophene rings is 1. The zero-order valence-electron chi connectivity index (χ0n) is 10.7. The van der Waals surface area contributed by atoms with Crippen LogP contribution in [0, 0.1) is 12.3 Å². The molecule has 0 aromatic carbocycles. The van der Waals surface area contributed by atoms with Crippen molar-refractivity contribution in [3.8, 4) is 0 Å². The molecule has 1 saturated carbocycles. The molecule has 0 bridgehead atoms. The molecule has 0 aliphatic heterocycles. The molecule has 0 spiro atoms. The number of hydrogen-bond acceptors (Lipinski definition) is 2. The number of rotatable bonds is 1. The zero-order valence-corrected chi connectivity index (χ0v) is 11.5. The van der Waals surface area contributed by atoms with Crippen molar-refractivity contribution in [2.45, 2.75) is 58.4 Å². The molecular formula is C14H23NS. The second kappa shape index (κ2) is 4.15. The fourth-order valence-corrected chi connectivity index (χ4v) is 3.50. The molecule has 0 radical (unpaired) electrons. The third-order valence-electron chi connectivity index (χ3n) is 4.03. The Morgan fingerprint density at radius 2 is 1.94 bits per heavy atom. The average molecular weight is 237 g/mol. The van der Waals surface area contributed by atoms with Gasteiger partial charge in [0.15, 0.2) is 0 Å². The molecule has 1 nitrogen and oxygen atoms in total. The number of hydrogen-bond donors (Lipinski definition) is 1. The summed E-state index contributed by atoms with van der Waals surface area (Å²) in [5, 5.41) is 2.26. The second-order valence-electron chi connectivity index (χ2n) is 6.12. The lowest BCUT2D eigenvalue weighted by molar-refractivity contribution is 0.299. The van der Waals surface area contributed by atoms with Gasteiger partial charge in [-0.3, -0.25) is 0 Å². The summed E-state index contributed by atoms with van der Waals surface area (Å²) >= 11 is 1.82. The van der Waals surface area contributed by atoms with Crippen LogP contribution >= 0.6 is 11.3 Å². The first kappa shape index (κ1) is 12.1. The van der Waals surface area contributed by atoms with Gasteiger partial charge in [0, 0.05) is 10.4 Å². The number of aryl methyl sites for hydroxylation is 1. The van der Waals surface area contributed by atoms with E-state index in [4.69, 9.17) is 5.73 Å². The van der Waals surface area contributed by atoms with E-state index < -0.39 is 0 Å². The van der Waals surface area contributed by atoms with Gasteiger partial charge in [0.2, 0.25) is 0 Å². The Labute approximate surface area is 103 Å². The summed E-state index contributed by atoms with van der Waals surface area (Å²) in [5.74, 6) is 0. The molecule has 1 atom stereocenters. The van der Waals surface area contributed by atoms with Crippen LogP contribution in [0.4, 0.5) is 0 Å². The summed E-state index contributed by atoms with van der Waals surface area (Å²) in [4.78, 5) is 1.38. The van der Waals surface area contributed by atoms with Crippen LogP contribution in [0.5, 0.6) is 0 Å². The van der Waals surface area contributed by atoms with E-state index in [-0.39, 0.29) is 5.54 Å². The van der Waals surface area contributed by atoms with E-state index in [1.54, 1.807) is 0 Å². The highest BCUT2D eigenvalue weighted by Gasteiger charge is 2.34. The van der Waals surface area contributed by atoms with Crippen molar-refractivity contribution >= 4 is 11.3 Å². The summed E-state index contributed by atoms with van der Waals surface area (Å²) in [5.41, 5.74) is 8.41. The molecule has 1 fully saturated rings. The van der Waals surface area contributed by atoms with Crippen LogP contribution < -0.4 is 5.73 Å². The third kappa shape index (κ3) is 2.49. The highest BCUT2D eigenvalue weighted by molar-refractivity contribution is 7.10. The van der Waals surface area contributed by atoms with Crippen molar-refractivity contribution in [2.75, 3.05) is 0 Å². The lowest BCUT2D eigenvalue weighted by atomic mass is 9.82. The quantitative estimate of drug-likeness (QED) is 0.728. The Bertz CT molecular complexity index is 367. The van der Waals surface area contributed by atoms with Gasteiger partial charge in [-0.25, -0.2) is 0 Å². The maximum atomic E-state index is 6.62. The molecule has 1 aliphatic carbocycles. The predicted octanol–water partition coefficient (Wildman–Crippen LogP) is 4.20. The Balaban J connectivity index is 2.19. The van der Waals surface area contributed by atoms with Gasteiger partial charge in [-0.2, -0.15) is 0 Å². The average Bonchev–Trinajstić information content (AvgIpc) is 2.57. The van der Waals surface area contributed by atoms with Crippen molar-refractivity contribution < 1.29 is 0 Å². The smallest absolute Gasteiger partial charge is 0.0418 e. The van der Waals surface area contributed by atoms with Crippen LogP contribution in [0.1, 0.15) is 56.4 Å². The van der Waals surface area contributed by atoms with E-state index in [2.05, 4.69) is 32.2 Å². The van der Waals surface area contributed by atoms with Gasteiger partial charge in [0.25, 0.3) is 0 Å². The molecule has 1 aromatic rings. The minimum atomic E-state index is -0.0570. The molecular weight excluding hydrogens is 214 g/mol. The first-order valence-corrected chi connectivity index (χ1v) is 7.14. The molecule has 1 aliphatic rings. The predicted molar refractivity (Wildman–Crippen MR) is 71.8 cm³/mol. The van der Waals surface area contributed by atoms with Crippen molar-refractivity contribution in [3.63, 3.8) is 0 Å². The molecule has 1 unspecified atom stereocenters. The highest BCUT2D eigenvalue weighted by atomic mass is 32.1. The summed E-state index contributed by atoms with van der Waals surface area (Å²) in [6.45, 7) is 6.91. The van der Waals surface area contributed by atoms with E-state index in [0.717, 1.165) is 12.8 Å². The zero-order chi connectivity index (χ0) is 11.8. The van der Waals surface area contributed by atoms with Crippen molar-refractivity contribution in [1.82, 2.24) is 0 Å². The molecule has 1 heterocycles. The van der Waals surface area contributed by atoms with Crippen LogP contribution in [0.2, 0.25) is 0 Å². The van der Waals surface area contributed by atoms with Gasteiger partial charge in [0.05, 0.1) is 0 Å². The lowest BCUT2D eigenvalue weighted by Crippen LogP contribution is -2.35. The second-order valence-corrected chi connectivity index (χ2v) is 7.24. The lowest BCUT2D eigenvalue weighted by Gasteiger charge is -2.28. The van der Waals surface area contributed by atoms with Gasteiger partial charge >= 0.3 is 0 Å². The fourth-order valence-electron chi connectivity index (χ4n) is 2.69. The minimum Gasteiger partial charge on any atom is -0.321 e. The highest BCUT2D eigenvalue weighted by Crippen LogP contribution is 2.42. The molecule has 2 rings (SSSR count). The van der Waals surface area contributed by atoms with Crippen molar-refractivity contribution in [2.24, 2.45) is 11.1 Å². The third-order valence-corrected chi connectivity index (χ3v) is 4.89. The Hall–Kier alpha value is -0.340. The van der Waals surface area contributed by atoms with Crippen molar-refractivity contribution in [1.29, 1.82) is 0 Å². The Morgan fingerprint density at radius 3 is 2.56 bits per heavy atom. The van der Waals surface area contributed by atoms with Gasteiger partial charge in [-0.15, -0.1) is 11.3 Å². The van der Waals surface area contributed by atoms with Crippen LogP contribution in [0.25, 0.3) is 0 Å². The van der Waals surface area contributed by atoms with E-state index in [1.807, 2.05) is 11.3 Å². The summed E-state index contributed by atoms with van der Waals surface area (Å²) in [6, 6.07) is 2.28. The molecule has 1 aromatic heterocycles. The normalized spacial score (nSPS) is 30.0. The van der Waals surface area contributed by atoms with E-state index in [9.17, 15) is 0 Å². The molecule has 0 saturated heterocycles. The minimum absolute atomic E-state index is 0.0570. The maximum absolute atomic E-state index is 6.62. The largest absolute Gasteiger partial charge is 0.321 e. The van der Waals surface area contributed by atoms with E-state index >= 15 is 0 Å². The van der Waals surface area contributed by atoms with Crippen LogP contribution in [0.15, 0.2) is 11.4 Å². The Morgan fingerprint density at radius 1 is 1.19 bits per heavy atom. The monoisotopic (exact) mass is 237 g/mol. The summed E-state index contributed by atoms with van der Waals surface area (Å²) in [7, 11) is 0. The molecule has 2 heteroatoms. The summed E-state index contributed by atoms with van der Waals surface area (Å²) in [6.07, 6.45) is 6.11. The standard InChI is InChI=1S/C14H23NS/c1-11-9-12(10-16-11)14(15)6-4-5-13(2,3)7-8-14/h9-10H,4-8,15H2,1-3H3. The van der Waals surface area contributed by atoms with E-state index in [0.29, 0.717) is 5.41 Å². The van der Waals surface area contributed by atoms with Gasteiger partial charge < -0.3 is 5.73 Å². The van der Waals surface area contributed by atoms with Crippen LogP contribution in [0.3, 0.4) is 0 Å². The summed E-state index contributed by atoms with van der Waals surface area (Å²) < 4.78 is 0. The maximum Gasteiger partial charge on any atom is 0.0418 e. The molecule has 16 heavy (non-hydrogen) atoms. The van der Waals surface area contributed by atoms with Crippen molar-refractivity contribution in [3.05, 3.63) is 21.9 Å². The fraction of sp³-hybridized carbons (Fsp3) is 0.714. The Kier molecular flexibility index (Phi) is 3.15. The van der Waals surface area contributed by atoms with Gasteiger partial charge in [-0.05, 0) is 55.0 Å². The molecule has 0 amide bonds. The first-order chi connectivity index (χ1) is 7.41. The van der Waals surface area contributed by atoms with Gasteiger partial charge in [-0.1, -0.05) is 20.3 Å². The van der Waals surface area contributed by atoms with E-state index in [1.165, 1.54) is 29.7 Å². The topological polar surface area (TPSA) is 26.0 Å². The molecule has 2 N–H and O–H groups in total. The first-order valence-electron chi connectivity index (χ1n) is 6.26. The van der Waals surface area contributed by atoms with Gasteiger partial charge in [0.1, 0.15) is 0 Å². The molecule has 90 valence electrons. The van der Waals surface area contributed by atoms with Crippen LogP contribution in [-0.2, 0) is 5.54 Å². The SMILES string of the molecule is Cc1cc(C2(N)CCCC(C)(C)CC2)cs1. The van der Waals surface area contributed by atoms with Crippen LogP contribution in [-0.4, -0.2) is 0 Å².